The van der Waals surface area contributed by atoms with Crippen molar-refractivity contribution in [3.63, 3.8) is 0 Å². The van der Waals surface area contributed by atoms with Crippen molar-refractivity contribution in [2.24, 2.45) is 0 Å². The Labute approximate surface area is 143 Å². The van der Waals surface area contributed by atoms with E-state index in [4.69, 9.17) is 5.11 Å². The Balaban J connectivity index is 2.06. The lowest BCUT2D eigenvalue weighted by molar-refractivity contribution is -0.137. The third kappa shape index (κ3) is 5.45. The van der Waals surface area contributed by atoms with Crippen LogP contribution < -0.4 is 16.6 Å². The minimum atomic E-state index is -0.947. The normalized spacial score (nSPS) is 10.4. The second-order valence-electron chi connectivity index (χ2n) is 5.48. The molecule has 8 nitrogen and oxygen atoms in total. The average Bonchev–Trinajstić information content (AvgIpc) is 2.59. The molecule has 0 spiro atoms. The van der Waals surface area contributed by atoms with E-state index in [0.717, 1.165) is 10.1 Å². The Kier molecular flexibility index (Phi) is 6.27. The molecule has 0 fully saturated rings. The maximum Gasteiger partial charge on any atom is 0.331 e. The summed E-state index contributed by atoms with van der Waals surface area (Å²) in [4.78, 5) is 46.6. The number of carboxylic acids is 1. The number of nitrogens with zero attached hydrogens (tertiary/aromatic N) is 2. The number of carboxylic acid groups (broad SMARTS) is 1. The predicted molar refractivity (Wildman–Crippen MR) is 90.4 cm³/mol. The molecule has 0 atom stereocenters. The van der Waals surface area contributed by atoms with Crippen molar-refractivity contribution in [2.45, 2.75) is 25.9 Å². The van der Waals surface area contributed by atoms with Crippen LogP contribution in [0.3, 0.4) is 0 Å². The van der Waals surface area contributed by atoms with Gasteiger partial charge in [0.1, 0.15) is 6.54 Å². The zero-order chi connectivity index (χ0) is 18.2. The van der Waals surface area contributed by atoms with Gasteiger partial charge in [0.25, 0.3) is 5.56 Å². The van der Waals surface area contributed by atoms with Crippen molar-refractivity contribution in [3.05, 3.63) is 69.0 Å². The van der Waals surface area contributed by atoms with Crippen LogP contribution in [0.1, 0.15) is 18.4 Å². The summed E-state index contributed by atoms with van der Waals surface area (Å²) in [6.45, 7) is 0.0610. The van der Waals surface area contributed by atoms with Crippen molar-refractivity contribution in [1.82, 2.24) is 14.5 Å². The number of rotatable bonds is 8. The summed E-state index contributed by atoms with van der Waals surface area (Å²) in [5.41, 5.74) is -0.236. The van der Waals surface area contributed by atoms with Crippen LogP contribution in [-0.2, 0) is 22.7 Å². The lowest BCUT2D eigenvalue weighted by Gasteiger charge is -2.10. The maximum atomic E-state index is 12.4. The lowest BCUT2D eigenvalue weighted by atomic mass is 10.2. The van der Waals surface area contributed by atoms with Crippen molar-refractivity contribution in [2.75, 3.05) is 6.54 Å². The van der Waals surface area contributed by atoms with Gasteiger partial charge in [-0.05, 0) is 12.0 Å². The summed E-state index contributed by atoms with van der Waals surface area (Å²) in [5, 5.41) is 11.0. The van der Waals surface area contributed by atoms with Gasteiger partial charge in [0.2, 0.25) is 5.91 Å². The molecule has 0 unspecified atom stereocenters. The van der Waals surface area contributed by atoms with E-state index in [9.17, 15) is 19.2 Å². The zero-order valence-electron chi connectivity index (χ0n) is 13.6. The molecule has 1 aromatic carbocycles. The molecule has 0 radical (unpaired) electrons. The number of benzene rings is 1. The Morgan fingerprint density at radius 2 is 1.80 bits per heavy atom. The topological polar surface area (TPSA) is 110 Å². The van der Waals surface area contributed by atoms with Crippen LogP contribution in [0.5, 0.6) is 0 Å². The number of carbonyl (C=O) groups is 2. The largest absolute Gasteiger partial charge is 0.481 e. The summed E-state index contributed by atoms with van der Waals surface area (Å²) >= 11 is 0. The SMILES string of the molecule is O=C(O)CCCNC(=O)Cn1c(=O)ccn(Cc2ccccc2)c1=O. The number of hydrogen-bond donors (Lipinski definition) is 2. The van der Waals surface area contributed by atoms with E-state index in [2.05, 4.69) is 5.32 Å². The number of carbonyl (C=O) groups excluding carboxylic acids is 1. The average molecular weight is 345 g/mol. The molecule has 1 aromatic heterocycles. The van der Waals surface area contributed by atoms with Crippen molar-refractivity contribution >= 4 is 11.9 Å². The van der Waals surface area contributed by atoms with E-state index in [-0.39, 0.29) is 19.4 Å². The molecule has 1 heterocycles. The van der Waals surface area contributed by atoms with Gasteiger partial charge in [0, 0.05) is 25.2 Å². The summed E-state index contributed by atoms with van der Waals surface area (Å²) < 4.78 is 2.21. The highest BCUT2D eigenvalue weighted by Gasteiger charge is 2.10. The Bertz CT molecular complexity index is 855. The van der Waals surface area contributed by atoms with E-state index >= 15 is 0 Å². The van der Waals surface area contributed by atoms with Crippen LogP contribution in [0.2, 0.25) is 0 Å². The Morgan fingerprint density at radius 3 is 2.48 bits per heavy atom. The molecule has 2 N–H and O–H groups in total. The first-order valence-corrected chi connectivity index (χ1v) is 7.80. The van der Waals surface area contributed by atoms with E-state index in [1.54, 1.807) is 0 Å². The molecule has 8 heteroatoms. The first-order valence-electron chi connectivity index (χ1n) is 7.80. The molecule has 2 rings (SSSR count). The minimum absolute atomic E-state index is 0.0601. The molecule has 0 aliphatic rings. The van der Waals surface area contributed by atoms with Crippen LogP contribution >= 0.6 is 0 Å². The molecule has 0 bridgehead atoms. The van der Waals surface area contributed by atoms with Gasteiger partial charge in [-0.3, -0.25) is 23.5 Å². The van der Waals surface area contributed by atoms with Gasteiger partial charge in [0.15, 0.2) is 0 Å². The zero-order valence-corrected chi connectivity index (χ0v) is 13.6. The predicted octanol–water partition coefficient (Wildman–Crippen LogP) is 0.0393. The molecule has 0 saturated carbocycles. The first kappa shape index (κ1) is 18.2. The lowest BCUT2D eigenvalue weighted by Crippen LogP contribution is -2.43. The number of amides is 1. The van der Waals surface area contributed by atoms with Crippen LogP contribution in [0.4, 0.5) is 0 Å². The number of nitrogens with one attached hydrogen (secondary N) is 1. The Hall–Kier alpha value is -3.16. The van der Waals surface area contributed by atoms with Gasteiger partial charge < -0.3 is 10.4 Å². The van der Waals surface area contributed by atoms with Crippen LogP contribution in [0.15, 0.2) is 52.2 Å². The van der Waals surface area contributed by atoms with Crippen molar-refractivity contribution in [1.29, 1.82) is 0 Å². The van der Waals surface area contributed by atoms with Gasteiger partial charge in [0.05, 0.1) is 6.54 Å². The molecular formula is C17H19N3O5. The fraction of sp³-hybridized carbons (Fsp3) is 0.294. The highest BCUT2D eigenvalue weighted by Crippen LogP contribution is 1.99. The summed E-state index contributed by atoms with van der Waals surface area (Å²) in [7, 11) is 0. The molecule has 0 saturated heterocycles. The second kappa shape index (κ2) is 8.62. The van der Waals surface area contributed by atoms with Crippen LogP contribution in [-0.4, -0.2) is 32.7 Å². The third-order valence-electron chi connectivity index (χ3n) is 3.53. The van der Waals surface area contributed by atoms with E-state index < -0.39 is 29.7 Å². The first-order chi connectivity index (χ1) is 12.0. The quantitative estimate of drug-likeness (QED) is 0.656. The monoisotopic (exact) mass is 345 g/mol. The standard InChI is InChI=1S/C17H19N3O5/c21-14(18-9-4-7-16(23)24)12-20-15(22)8-10-19(17(20)25)11-13-5-2-1-3-6-13/h1-3,5-6,8,10H,4,7,9,11-12H2,(H,18,21)(H,23,24). The fourth-order valence-electron chi connectivity index (χ4n) is 2.27. The van der Waals surface area contributed by atoms with E-state index in [1.807, 2.05) is 30.3 Å². The van der Waals surface area contributed by atoms with Gasteiger partial charge in [-0.25, -0.2) is 4.79 Å². The van der Waals surface area contributed by atoms with Gasteiger partial charge in [-0.1, -0.05) is 30.3 Å². The molecule has 0 aliphatic carbocycles. The van der Waals surface area contributed by atoms with E-state index in [0.29, 0.717) is 6.54 Å². The molecule has 25 heavy (non-hydrogen) atoms. The maximum absolute atomic E-state index is 12.4. The number of hydrogen-bond acceptors (Lipinski definition) is 4. The highest BCUT2D eigenvalue weighted by molar-refractivity contribution is 5.75. The minimum Gasteiger partial charge on any atom is -0.481 e. The smallest absolute Gasteiger partial charge is 0.331 e. The molecular weight excluding hydrogens is 326 g/mol. The van der Waals surface area contributed by atoms with Gasteiger partial charge >= 0.3 is 11.7 Å². The molecule has 132 valence electrons. The summed E-state index contributed by atoms with van der Waals surface area (Å²) in [6, 6.07) is 10.5. The molecule has 2 aromatic rings. The summed E-state index contributed by atoms with van der Waals surface area (Å²) in [6.07, 6.45) is 1.62. The van der Waals surface area contributed by atoms with Crippen molar-refractivity contribution < 1.29 is 14.7 Å². The van der Waals surface area contributed by atoms with E-state index in [1.165, 1.54) is 16.8 Å². The highest BCUT2D eigenvalue weighted by atomic mass is 16.4. The Morgan fingerprint density at radius 1 is 1.08 bits per heavy atom. The van der Waals surface area contributed by atoms with Crippen LogP contribution in [0.25, 0.3) is 0 Å². The molecule has 0 aliphatic heterocycles. The second-order valence-corrected chi connectivity index (χ2v) is 5.48. The number of aliphatic carboxylic acids is 1. The molecule has 1 amide bonds. The third-order valence-corrected chi connectivity index (χ3v) is 3.53. The van der Waals surface area contributed by atoms with Gasteiger partial charge in [-0.15, -0.1) is 0 Å². The van der Waals surface area contributed by atoms with Crippen molar-refractivity contribution in [3.8, 4) is 0 Å². The number of aromatic nitrogens is 2. The summed E-state index contributed by atoms with van der Waals surface area (Å²) in [5.74, 6) is -1.46. The van der Waals surface area contributed by atoms with Gasteiger partial charge in [-0.2, -0.15) is 0 Å². The fourth-order valence-corrected chi connectivity index (χ4v) is 2.27. The van der Waals surface area contributed by atoms with Crippen LogP contribution in [0, 0.1) is 0 Å².